The molecule has 0 aliphatic carbocycles. The fourth-order valence-corrected chi connectivity index (χ4v) is 10.1. The number of hydrogen-bond donors (Lipinski definition) is 6. The summed E-state index contributed by atoms with van der Waals surface area (Å²) in [5, 5.41) is 58.2. The van der Waals surface area contributed by atoms with Crippen molar-refractivity contribution in [1.29, 1.82) is 0 Å². The molecule has 6 N–H and O–H groups in total. The van der Waals surface area contributed by atoms with Gasteiger partial charge in [-0.05, 0) is 38.8 Å². The van der Waals surface area contributed by atoms with Crippen LogP contribution < -0.4 is 5.32 Å². The minimum absolute atomic E-state index is 0.0451. The number of nitrogens with one attached hydrogen (secondary N) is 1. The molecule has 0 radical (unpaired) electrons. The highest BCUT2D eigenvalue weighted by Gasteiger charge is 2.63. The molecule has 18 atom stereocenters. The first-order valence-electron chi connectivity index (χ1n) is 26.3. The Labute approximate surface area is 453 Å². The molecule has 1 aromatic carbocycles. The molecular formula is C58H83NO18. The van der Waals surface area contributed by atoms with E-state index in [1.165, 1.54) is 20.3 Å². The van der Waals surface area contributed by atoms with Gasteiger partial charge in [0.05, 0.1) is 61.9 Å². The van der Waals surface area contributed by atoms with E-state index in [2.05, 4.69) is 5.32 Å². The molecule has 0 bridgehead atoms. The molecule has 428 valence electrons. The SMILES string of the molecule is C/C=C\C=C\[C@@H]1O[C@](O)(C(CO[C@@H]2C[C@@H](OC)[C@@H](O[C@@H]3C[C@@H](OC)[C@@H](O)[C@@H](C)O3)[C@@H](C)O2)C(=O)NC/C=C/C=C(\C)C(OC)C(C)C2CC(O)C(/C=C/C=C/C=C/C(=O)O)O2)[C@H](OC(=O)Cc2ccccc2)[C@H](O)C1(C)C. The number of hydrogen-bond acceptors (Lipinski definition) is 17. The monoisotopic (exact) mass is 1080 g/mol. The van der Waals surface area contributed by atoms with Crippen molar-refractivity contribution in [2.24, 2.45) is 17.3 Å². The van der Waals surface area contributed by atoms with E-state index in [1.54, 1.807) is 126 Å². The number of aliphatic hydroxyl groups is 4. The molecule has 0 spiro atoms. The zero-order chi connectivity index (χ0) is 56.5. The van der Waals surface area contributed by atoms with E-state index in [0.29, 0.717) is 12.0 Å². The summed E-state index contributed by atoms with van der Waals surface area (Å²) in [4.78, 5) is 39.2. The number of ether oxygens (including phenoxy) is 10. The Kier molecular flexibility index (Phi) is 24.6. The van der Waals surface area contributed by atoms with Crippen LogP contribution in [0.25, 0.3) is 0 Å². The van der Waals surface area contributed by atoms with Crippen molar-refractivity contribution in [1.82, 2.24) is 5.32 Å². The Bertz CT molecular complexity index is 2240. The summed E-state index contributed by atoms with van der Waals surface area (Å²) in [6, 6.07) is 8.83. The lowest BCUT2D eigenvalue weighted by atomic mass is 9.71. The van der Waals surface area contributed by atoms with Crippen LogP contribution in [0.2, 0.25) is 0 Å². The maximum absolute atomic E-state index is 14.8. The normalized spacial score (nSPS) is 34.4. The molecule has 1 amide bonds. The Hall–Kier alpha value is -4.71. The lowest BCUT2D eigenvalue weighted by molar-refractivity contribution is -0.368. The topological polar surface area (TPSA) is 257 Å². The van der Waals surface area contributed by atoms with Crippen LogP contribution in [0.5, 0.6) is 0 Å². The number of esters is 1. The summed E-state index contributed by atoms with van der Waals surface area (Å²) in [5.74, 6) is -7.12. The first-order chi connectivity index (χ1) is 36.7. The quantitative estimate of drug-likeness (QED) is 0.0429. The van der Waals surface area contributed by atoms with Crippen LogP contribution in [0.3, 0.4) is 0 Å². The molecule has 0 aromatic heterocycles. The highest BCUT2D eigenvalue weighted by Crippen LogP contribution is 2.46. The maximum Gasteiger partial charge on any atom is 0.328 e. The molecule has 4 fully saturated rings. The van der Waals surface area contributed by atoms with Crippen LogP contribution in [0.4, 0.5) is 0 Å². The number of benzene rings is 1. The van der Waals surface area contributed by atoms with Gasteiger partial charge in [0, 0.05) is 64.5 Å². The minimum atomic E-state index is -2.69. The summed E-state index contributed by atoms with van der Waals surface area (Å²) < 4.78 is 61.1. The largest absolute Gasteiger partial charge is 0.478 e. The van der Waals surface area contributed by atoms with Gasteiger partial charge in [0.2, 0.25) is 11.7 Å². The van der Waals surface area contributed by atoms with Crippen LogP contribution in [-0.4, -0.2) is 176 Å². The molecule has 1 aromatic rings. The van der Waals surface area contributed by atoms with E-state index >= 15 is 0 Å². The van der Waals surface area contributed by atoms with Crippen LogP contribution in [0.15, 0.2) is 115 Å². The highest BCUT2D eigenvalue weighted by molar-refractivity contribution is 5.81. The van der Waals surface area contributed by atoms with Crippen molar-refractivity contribution < 1.29 is 87.3 Å². The summed E-state index contributed by atoms with van der Waals surface area (Å²) in [6.45, 7) is 12.0. The number of aliphatic hydroxyl groups excluding tert-OH is 3. The lowest BCUT2D eigenvalue weighted by Crippen LogP contribution is -2.71. The molecule has 19 heteroatoms. The standard InChI is InChI=1S/C58H83NO18/c1-11-12-16-27-46-57(6,7)54(65)55(75-48(63)30-39-24-17-15-18-25-39)58(67,77-46)40(34-71-49-33-45(69-9)53(38(5)73-49)76-50-32-44(68-8)51(64)37(4)72-50)56(66)59-29-22-21-23-35(2)52(70-10)36(3)43-31-41(60)42(74-43)26-19-13-14-20-28-47(61)62/h11-28,36-38,40-46,49-55,60,64-65,67H,29-34H2,1-10H3,(H,59,66)(H,61,62)/b12-11-,14-13+,22-21+,26-19+,27-16+,28-20+,35-23+/t36?,37-,38-,40?,41?,42?,43?,44-,45-,46+,49+,50-,51+,52?,53+,54+,55-,58-/m1/s1. The predicted molar refractivity (Wildman–Crippen MR) is 284 cm³/mol. The summed E-state index contributed by atoms with van der Waals surface area (Å²) in [5.41, 5.74) is 0.294. The van der Waals surface area contributed by atoms with Gasteiger partial charge in [-0.1, -0.05) is 124 Å². The number of allylic oxidation sites excluding steroid dienone is 9. The van der Waals surface area contributed by atoms with Crippen molar-refractivity contribution in [2.75, 3.05) is 34.5 Å². The number of carbonyl (C=O) groups excluding carboxylic acids is 2. The minimum Gasteiger partial charge on any atom is -0.478 e. The van der Waals surface area contributed by atoms with Crippen molar-refractivity contribution in [3.05, 3.63) is 120 Å². The Morgan fingerprint density at radius 2 is 1.53 bits per heavy atom. The zero-order valence-electron chi connectivity index (χ0n) is 46.0. The van der Waals surface area contributed by atoms with E-state index in [0.717, 1.165) is 11.6 Å². The summed E-state index contributed by atoms with van der Waals surface area (Å²) in [6.07, 6.45) is 9.73. The number of amides is 1. The number of carboxylic acid groups (broad SMARTS) is 1. The Balaban J connectivity index is 1.37. The number of carbonyl (C=O) groups is 3. The second kappa shape index (κ2) is 30.0. The number of carboxylic acids is 1. The average molecular weight is 1080 g/mol. The van der Waals surface area contributed by atoms with E-state index in [9.17, 15) is 34.8 Å². The highest BCUT2D eigenvalue weighted by atomic mass is 16.7. The van der Waals surface area contributed by atoms with Crippen molar-refractivity contribution in [3.63, 3.8) is 0 Å². The van der Waals surface area contributed by atoms with E-state index in [4.69, 9.17) is 52.5 Å². The molecule has 4 saturated heterocycles. The van der Waals surface area contributed by atoms with E-state index in [1.807, 2.05) is 26.8 Å². The van der Waals surface area contributed by atoms with Gasteiger partial charge < -0.3 is 78.2 Å². The third-order valence-corrected chi connectivity index (χ3v) is 14.7. The molecule has 5 rings (SSSR count). The molecule has 6 unspecified atom stereocenters. The van der Waals surface area contributed by atoms with Gasteiger partial charge in [0.15, 0.2) is 18.7 Å². The number of aliphatic carboxylic acids is 1. The Morgan fingerprint density at radius 1 is 0.857 bits per heavy atom. The Morgan fingerprint density at radius 3 is 2.21 bits per heavy atom. The zero-order valence-corrected chi connectivity index (χ0v) is 46.0. The summed E-state index contributed by atoms with van der Waals surface area (Å²) >= 11 is 0. The molecule has 77 heavy (non-hydrogen) atoms. The molecule has 19 nitrogen and oxygen atoms in total. The van der Waals surface area contributed by atoms with Crippen molar-refractivity contribution in [2.45, 2.75) is 172 Å². The number of rotatable bonds is 25. The molecular weight excluding hydrogens is 999 g/mol. The van der Waals surface area contributed by atoms with Gasteiger partial charge in [-0.25, -0.2) is 4.79 Å². The third-order valence-electron chi connectivity index (χ3n) is 14.7. The fourth-order valence-electron chi connectivity index (χ4n) is 10.1. The molecule has 0 saturated carbocycles. The molecule has 4 heterocycles. The van der Waals surface area contributed by atoms with Crippen molar-refractivity contribution >= 4 is 17.8 Å². The van der Waals surface area contributed by atoms with Crippen molar-refractivity contribution in [3.8, 4) is 0 Å². The second-order valence-electron chi connectivity index (χ2n) is 20.6. The predicted octanol–water partition coefficient (Wildman–Crippen LogP) is 4.97. The van der Waals surface area contributed by atoms with E-state index < -0.39 is 127 Å². The first kappa shape index (κ1) is 63.1. The maximum atomic E-state index is 14.8. The third kappa shape index (κ3) is 17.1. The number of methoxy groups -OCH3 is 3. The summed E-state index contributed by atoms with van der Waals surface area (Å²) in [7, 11) is 4.62. The van der Waals surface area contributed by atoms with Crippen LogP contribution in [0, 0.1) is 17.3 Å². The van der Waals surface area contributed by atoms with Gasteiger partial charge >= 0.3 is 11.9 Å². The van der Waals surface area contributed by atoms with Gasteiger partial charge in [0.25, 0.3) is 0 Å². The average Bonchev–Trinajstić information content (AvgIpc) is 3.78. The first-order valence-corrected chi connectivity index (χ1v) is 26.3. The smallest absolute Gasteiger partial charge is 0.328 e. The van der Waals surface area contributed by atoms with Crippen LogP contribution >= 0.6 is 0 Å². The van der Waals surface area contributed by atoms with Gasteiger partial charge in [0.1, 0.15) is 30.3 Å². The molecule has 4 aliphatic rings. The second-order valence-corrected chi connectivity index (χ2v) is 20.6. The molecule has 4 aliphatic heterocycles. The van der Waals surface area contributed by atoms with Crippen LogP contribution in [-0.2, 0) is 68.2 Å². The van der Waals surface area contributed by atoms with Crippen LogP contribution in [0.1, 0.15) is 73.3 Å². The van der Waals surface area contributed by atoms with Gasteiger partial charge in [-0.2, -0.15) is 0 Å². The van der Waals surface area contributed by atoms with Gasteiger partial charge in [-0.15, -0.1) is 0 Å². The van der Waals surface area contributed by atoms with E-state index in [-0.39, 0.29) is 37.8 Å². The van der Waals surface area contributed by atoms with Gasteiger partial charge in [-0.3, -0.25) is 9.59 Å². The fraction of sp³-hybridized carbons (Fsp3) is 0.603. The lowest BCUT2D eigenvalue weighted by Gasteiger charge is -2.54.